The molecule has 0 unspecified atom stereocenters. The molecule has 0 saturated heterocycles. The number of fused-ring (bicyclic) bond motifs is 1. The number of ketones is 1. The number of ether oxygens (including phenoxy) is 2. The van der Waals surface area contributed by atoms with Gasteiger partial charge in [0.1, 0.15) is 12.3 Å². The molecule has 6 nitrogen and oxygen atoms in total. The number of esters is 1. The van der Waals surface area contributed by atoms with E-state index in [-0.39, 0.29) is 18.2 Å². The van der Waals surface area contributed by atoms with E-state index in [1.807, 2.05) is 6.92 Å². The van der Waals surface area contributed by atoms with E-state index in [4.69, 9.17) is 9.47 Å². The number of Topliss-reactive ketones (excluding diaryl/α,β-unsaturated/α-hetero) is 1. The second-order valence-electron chi connectivity index (χ2n) is 5.96. The Balaban J connectivity index is 2.39. The number of nitrogens with zero attached hydrogens (tertiary/aromatic N) is 1. The largest absolute Gasteiger partial charge is 0.476 e. The highest BCUT2D eigenvalue weighted by Gasteiger charge is 2.42. The van der Waals surface area contributed by atoms with Crippen LogP contribution in [-0.2, 0) is 14.3 Å². The highest BCUT2D eigenvalue weighted by molar-refractivity contribution is 6.06. The number of carbonyl (C=O) groups is 3. The molecule has 1 amide bonds. The molecular weight excluding hydrogens is 298 g/mol. The molecule has 124 valence electrons. The van der Waals surface area contributed by atoms with Crippen LogP contribution in [-0.4, -0.2) is 36.4 Å². The van der Waals surface area contributed by atoms with Crippen LogP contribution in [0.4, 0.5) is 5.69 Å². The predicted molar refractivity (Wildman–Crippen MR) is 84.8 cm³/mol. The van der Waals surface area contributed by atoms with Crippen molar-refractivity contribution in [2.75, 3.05) is 18.1 Å². The molecule has 1 aromatic rings. The molecule has 0 fully saturated rings. The van der Waals surface area contributed by atoms with Crippen LogP contribution in [0.3, 0.4) is 0 Å². The van der Waals surface area contributed by atoms with Gasteiger partial charge in [-0.3, -0.25) is 19.3 Å². The zero-order valence-corrected chi connectivity index (χ0v) is 13.8. The molecule has 6 heteroatoms. The fourth-order valence-electron chi connectivity index (χ4n) is 2.33. The average molecular weight is 319 g/mol. The van der Waals surface area contributed by atoms with Gasteiger partial charge in [0, 0.05) is 5.56 Å². The minimum Gasteiger partial charge on any atom is -0.476 e. The van der Waals surface area contributed by atoms with Crippen molar-refractivity contribution in [2.24, 2.45) is 0 Å². The Morgan fingerprint density at radius 3 is 2.61 bits per heavy atom. The summed E-state index contributed by atoms with van der Waals surface area (Å²) in [5, 5.41) is 0. The van der Waals surface area contributed by atoms with Crippen molar-refractivity contribution in [3.63, 3.8) is 0 Å². The third-order valence-corrected chi connectivity index (χ3v) is 3.54. The Labute approximate surface area is 135 Å². The van der Waals surface area contributed by atoms with Crippen LogP contribution in [0.2, 0.25) is 0 Å². The van der Waals surface area contributed by atoms with Crippen molar-refractivity contribution in [1.29, 1.82) is 0 Å². The third kappa shape index (κ3) is 3.52. The van der Waals surface area contributed by atoms with Gasteiger partial charge in [-0.2, -0.15) is 0 Å². The highest BCUT2D eigenvalue weighted by atomic mass is 16.5. The number of anilines is 1. The molecule has 1 aliphatic rings. The fraction of sp³-hybridized carbons (Fsp3) is 0.471. The van der Waals surface area contributed by atoms with Crippen LogP contribution >= 0.6 is 0 Å². The summed E-state index contributed by atoms with van der Waals surface area (Å²) in [7, 11) is 0. The molecule has 23 heavy (non-hydrogen) atoms. The zero-order chi connectivity index (χ0) is 17.2. The quantitative estimate of drug-likeness (QED) is 0.615. The first-order chi connectivity index (χ1) is 10.8. The molecule has 1 aromatic carbocycles. The molecular formula is C17H21NO5. The number of benzene rings is 1. The standard InChI is InChI=1S/C17H21NO5/c1-5-8-22-15(20)10-18-13-9-12(11(2)19)6-7-14(13)23-17(3,4)16(18)21/h6-7,9H,5,8,10H2,1-4H3. The Morgan fingerprint density at radius 1 is 1.30 bits per heavy atom. The van der Waals surface area contributed by atoms with Crippen molar-refractivity contribution in [2.45, 2.75) is 39.7 Å². The highest BCUT2D eigenvalue weighted by Crippen LogP contribution is 2.38. The van der Waals surface area contributed by atoms with Gasteiger partial charge in [0.05, 0.1) is 12.3 Å². The van der Waals surface area contributed by atoms with Gasteiger partial charge in [0.2, 0.25) is 0 Å². The van der Waals surface area contributed by atoms with Gasteiger partial charge >= 0.3 is 5.97 Å². The number of rotatable bonds is 5. The second kappa shape index (κ2) is 6.40. The molecule has 0 N–H and O–H groups in total. The molecule has 0 saturated carbocycles. The van der Waals surface area contributed by atoms with E-state index in [1.54, 1.807) is 32.0 Å². The number of amides is 1. The molecule has 1 aliphatic heterocycles. The molecule has 0 bridgehead atoms. The zero-order valence-electron chi connectivity index (χ0n) is 13.8. The smallest absolute Gasteiger partial charge is 0.326 e. The second-order valence-corrected chi connectivity index (χ2v) is 5.96. The van der Waals surface area contributed by atoms with Crippen LogP contribution in [0.25, 0.3) is 0 Å². The van der Waals surface area contributed by atoms with Crippen LogP contribution < -0.4 is 9.64 Å². The molecule has 0 aliphatic carbocycles. The van der Waals surface area contributed by atoms with E-state index in [1.165, 1.54) is 11.8 Å². The van der Waals surface area contributed by atoms with Crippen molar-refractivity contribution in [3.05, 3.63) is 23.8 Å². The summed E-state index contributed by atoms with van der Waals surface area (Å²) in [4.78, 5) is 37.4. The number of hydrogen-bond donors (Lipinski definition) is 0. The summed E-state index contributed by atoms with van der Waals surface area (Å²) in [6, 6.07) is 4.85. The van der Waals surface area contributed by atoms with E-state index >= 15 is 0 Å². The maximum atomic E-state index is 12.6. The van der Waals surface area contributed by atoms with E-state index in [0.29, 0.717) is 30.0 Å². The Bertz CT molecular complexity index is 650. The molecule has 0 aromatic heterocycles. The Kier molecular flexibility index (Phi) is 4.73. The van der Waals surface area contributed by atoms with Crippen molar-refractivity contribution in [3.8, 4) is 5.75 Å². The average Bonchev–Trinajstić information content (AvgIpc) is 2.49. The van der Waals surface area contributed by atoms with Crippen LogP contribution in [0.5, 0.6) is 5.75 Å². The molecule has 2 rings (SSSR count). The summed E-state index contributed by atoms with van der Waals surface area (Å²) >= 11 is 0. The topological polar surface area (TPSA) is 72.9 Å². The SMILES string of the molecule is CCCOC(=O)CN1C(=O)C(C)(C)Oc2ccc(C(C)=O)cc21. The van der Waals surface area contributed by atoms with Gasteiger partial charge in [0.25, 0.3) is 5.91 Å². The lowest BCUT2D eigenvalue weighted by molar-refractivity contribution is -0.144. The molecule has 0 atom stereocenters. The monoisotopic (exact) mass is 319 g/mol. The third-order valence-electron chi connectivity index (χ3n) is 3.54. The van der Waals surface area contributed by atoms with Crippen LogP contribution in [0, 0.1) is 0 Å². The van der Waals surface area contributed by atoms with E-state index in [2.05, 4.69) is 0 Å². The summed E-state index contributed by atoms with van der Waals surface area (Å²) in [6.07, 6.45) is 0.708. The first-order valence-electron chi connectivity index (χ1n) is 7.58. The molecule has 0 spiro atoms. The van der Waals surface area contributed by atoms with Gasteiger partial charge in [-0.15, -0.1) is 0 Å². The van der Waals surface area contributed by atoms with E-state index < -0.39 is 11.6 Å². The van der Waals surface area contributed by atoms with Crippen LogP contribution in [0.15, 0.2) is 18.2 Å². The maximum Gasteiger partial charge on any atom is 0.326 e. The van der Waals surface area contributed by atoms with Gasteiger partial charge in [0.15, 0.2) is 11.4 Å². The lowest BCUT2D eigenvalue weighted by Gasteiger charge is -2.38. The van der Waals surface area contributed by atoms with E-state index in [9.17, 15) is 14.4 Å². The fourth-order valence-corrected chi connectivity index (χ4v) is 2.33. The first kappa shape index (κ1) is 17.0. The first-order valence-corrected chi connectivity index (χ1v) is 7.58. The number of hydrogen-bond acceptors (Lipinski definition) is 5. The van der Waals surface area contributed by atoms with Gasteiger partial charge in [-0.05, 0) is 45.4 Å². The van der Waals surface area contributed by atoms with Crippen molar-refractivity contribution in [1.82, 2.24) is 0 Å². The van der Waals surface area contributed by atoms with Crippen molar-refractivity contribution < 1.29 is 23.9 Å². The number of carbonyl (C=O) groups excluding carboxylic acids is 3. The van der Waals surface area contributed by atoms with Crippen LogP contribution in [0.1, 0.15) is 44.5 Å². The minimum atomic E-state index is -1.09. The van der Waals surface area contributed by atoms with Gasteiger partial charge < -0.3 is 9.47 Å². The van der Waals surface area contributed by atoms with Crippen molar-refractivity contribution >= 4 is 23.3 Å². The minimum absolute atomic E-state index is 0.126. The maximum absolute atomic E-state index is 12.6. The molecule has 0 radical (unpaired) electrons. The Morgan fingerprint density at radius 2 is 2.00 bits per heavy atom. The summed E-state index contributed by atoms with van der Waals surface area (Å²) in [5.74, 6) is -0.502. The summed E-state index contributed by atoms with van der Waals surface area (Å²) < 4.78 is 10.8. The normalized spacial score (nSPS) is 15.7. The summed E-state index contributed by atoms with van der Waals surface area (Å²) in [5.41, 5.74) is -0.224. The van der Waals surface area contributed by atoms with Gasteiger partial charge in [-0.25, -0.2) is 0 Å². The van der Waals surface area contributed by atoms with E-state index in [0.717, 1.165) is 0 Å². The Hall–Kier alpha value is -2.37. The lowest BCUT2D eigenvalue weighted by atomic mass is 10.0. The van der Waals surface area contributed by atoms with Gasteiger partial charge in [-0.1, -0.05) is 6.92 Å². The summed E-state index contributed by atoms with van der Waals surface area (Å²) in [6.45, 7) is 6.71. The predicted octanol–water partition coefficient (Wildman–Crippen LogP) is 2.35. The lowest BCUT2D eigenvalue weighted by Crippen LogP contribution is -2.54. The molecule has 1 heterocycles.